The fourth-order valence-electron chi connectivity index (χ4n) is 8.48. The first-order chi connectivity index (χ1) is 27.3. The number of carbonyl (C=O) groups excluding carboxylic acids is 4. The van der Waals surface area contributed by atoms with Crippen LogP contribution in [0.4, 0.5) is 4.79 Å². The van der Waals surface area contributed by atoms with Crippen LogP contribution in [0.1, 0.15) is 61.9 Å². The number of methoxy groups -OCH3 is 1. The number of imidazole rings is 2. The molecule has 1 aliphatic carbocycles. The number of hydrogen-bond acceptors (Lipinski definition) is 7. The van der Waals surface area contributed by atoms with E-state index in [1.807, 2.05) is 48.2 Å². The van der Waals surface area contributed by atoms with Gasteiger partial charge in [-0.25, -0.2) is 14.8 Å². The van der Waals surface area contributed by atoms with Gasteiger partial charge in [-0.05, 0) is 71.4 Å². The van der Waals surface area contributed by atoms with E-state index >= 15 is 0 Å². The van der Waals surface area contributed by atoms with Crippen LogP contribution in [0.5, 0.6) is 0 Å². The number of amides is 4. The first-order valence-electron chi connectivity index (χ1n) is 19.1. The van der Waals surface area contributed by atoms with Crippen molar-refractivity contribution in [1.29, 1.82) is 0 Å². The normalized spacial score (nSPS) is 17.9. The van der Waals surface area contributed by atoms with Crippen molar-refractivity contribution >= 4 is 46.1 Å². The minimum atomic E-state index is -0.878. The van der Waals surface area contributed by atoms with E-state index in [0.717, 1.165) is 75.7 Å². The van der Waals surface area contributed by atoms with Crippen molar-refractivity contribution in [2.45, 2.75) is 57.3 Å². The molecule has 1 saturated carbocycles. The Morgan fingerprint density at radius 2 is 1.77 bits per heavy atom. The number of nitrogens with zero attached hydrogens (tertiary/aromatic N) is 4. The number of ether oxygens (including phenoxy) is 1. The summed E-state index contributed by atoms with van der Waals surface area (Å²) < 4.78 is 4.90. The Morgan fingerprint density at radius 1 is 0.982 bits per heavy atom. The molecule has 2 bridgehead atoms. The van der Waals surface area contributed by atoms with Crippen LogP contribution in [0.25, 0.3) is 44.2 Å². The highest BCUT2D eigenvalue weighted by Crippen LogP contribution is 2.51. The number of aromatic nitrogens is 4. The molecule has 286 valence electrons. The van der Waals surface area contributed by atoms with Gasteiger partial charge in [-0.3, -0.25) is 14.4 Å². The van der Waals surface area contributed by atoms with Gasteiger partial charge in [-0.15, -0.1) is 0 Å². The number of rotatable bonds is 13. The number of benzene rings is 4. The van der Waals surface area contributed by atoms with E-state index in [9.17, 15) is 19.2 Å². The molecule has 4 amide bonds. The van der Waals surface area contributed by atoms with Gasteiger partial charge in [0.15, 0.2) is 0 Å². The second kappa shape index (κ2) is 15.7. The highest BCUT2D eigenvalue weighted by molar-refractivity contribution is 6.05. The number of hydrogen-bond donors (Lipinski definition) is 4. The highest BCUT2D eigenvalue weighted by atomic mass is 16.5. The van der Waals surface area contributed by atoms with Crippen molar-refractivity contribution in [2.75, 3.05) is 20.2 Å². The average Bonchev–Trinajstić information content (AvgIpc) is 4.06. The number of alkyl carbamates (subject to hydrolysis) is 1. The Morgan fingerprint density at radius 3 is 2.54 bits per heavy atom. The van der Waals surface area contributed by atoms with Gasteiger partial charge in [-0.1, -0.05) is 79.7 Å². The lowest BCUT2D eigenvalue weighted by molar-refractivity contribution is -0.138. The van der Waals surface area contributed by atoms with Crippen molar-refractivity contribution in [3.05, 3.63) is 108 Å². The van der Waals surface area contributed by atoms with Crippen molar-refractivity contribution in [3.8, 4) is 22.4 Å². The van der Waals surface area contributed by atoms with Gasteiger partial charge in [0.2, 0.25) is 12.3 Å². The standard InChI is InChI=1S/C43H44N8O5/c1-3-19-50(37(53)23-44-25-52)24-36-45-22-35(46-36)27-11-9-26(10-12-27)29-14-17-33-30(20-29)15-18-34-39(33)48-41(47-34)40-31-13-16-32(21-31)51(40)42(54)38(49-43(55)56-2)28-7-5-4-6-8-28/h4-12,14-15,17-18,20,22,25,31-32,38,40H,3,13,16,19,21,23-24H2,1-2H3,(H,44,52)(H,45,46)(H,47,48)(H,49,55)/t31-,32+,38+,40-/m0/s1. The molecule has 0 spiro atoms. The summed E-state index contributed by atoms with van der Waals surface area (Å²) in [6.07, 6.45) is 5.27. The van der Waals surface area contributed by atoms with Crippen LogP contribution < -0.4 is 10.6 Å². The molecule has 0 unspecified atom stereocenters. The average molecular weight is 753 g/mol. The van der Waals surface area contributed by atoms with Gasteiger partial charge >= 0.3 is 6.09 Å². The molecule has 4 atom stereocenters. The monoisotopic (exact) mass is 752 g/mol. The smallest absolute Gasteiger partial charge is 0.407 e. The number of nitrogens with one attached hydrogen (secondary N) is 4. The summed E-state index contributed by atoms with van der Waals surface area (Å²) in [5, 5.41) is 7.33. The lowest BCUT2D eigenvalue weighted by Crippen LogP contribution is -2.47. The van der Waals surface area contributed by atoms with E-state index in [2.05, 4.69) is 74.1 Å². The zero-order chi connectivity index (χ0) is 38.8. The van der Waals surface area contributed by atoms with Crippen molar-refractivity contribution < 1.29 is 23.9 Å². The van der Waals surface area contributed by atoms with Crippen LogP contribution in [-0.2, 0) is 25.7 Å². The zero-order valence-electron chi connectivity index (χ0n) is 31.3. The maximum atomic E-state index is 14.4. The maximum Gasteiger partial charge on any atom is 0.407 e. The van der Waals surface area contributed by atoms with E-state index in [0.29, 0.717) is 30.9 Å². The van der Waals surface area contributed by atoms with Gasteiger partial charge < -0.3 is 35.1 Å². The third kappa shape index (κ3) is 7.07. The molecule has 6 aromatic rings. The van der Waals surface area contributed by atoms with E-state index in [1.54, 1.807) is 11.1 Å². The number of carbonyl (C=O) groups is 4. The lowest BCUT2D eigenvalue weighted by atomic mass is 9.96. The molecule has 1 aliphatic heterocycles. The van der Waals surface area contributed by atoms with Gasteiger partial charge in [0.25, 0.3) is 5.91 Å². The topological polar surface area (TPSA) is 165 Å². The first-order valence-corrected chi connectivity index (χ1v) is 19.1. The number of H-pyrrole nitrogens is 2. The summed E-state index contributed by atoms with van der Waals surface area (Å²) in [6, 6.07) is 27.0. The van der Waals surface area contributed by atoms with E-state index in [1.165, 1.54) is 7.11 Å². The molecule has 2 aromatic heterocycles. The van der Waals surface area contributed by atoms with Gasteiger partial charge in [0.1, 0.15) is 17.7 Å². The van der Waals surface area contributed by atoms with Crippen LogP contribution in [0.3, 0.4) is 0 Å². The summed E-state index contributed by atoms with van der Waals surface area (Å²) in [6.45, 7) is 2.85. The van der Waals surface area contributed by atoms with E-state index in [-0.39, 0.29) is 36.4 Å². The van der Waals surface area contributed by atoms with Crippen LogP contribution in [0.15, 0.2) is 91.1 Å². The SMILES string of the molecule is CCCN(Cc1ncc(-c2ccc(-c3ccc4c(ccc5nc([C@@H]6[C@H]7CC[C@H](C7)N6C(=O)[C@H](NC(=O)OC)c6ccccc6)[nH]c54)c3)cc2)[nH]1)C(=O)CNC=O. The molecule has 13 heteroatoms. The van der Waals surface area contributed by atoms with Crippen molar-refractivity contribution in [3.63, 3.8) is 0 Å². The van der Waals surface area contributed by atoms with E-state index < -0.39 is 12.1 Å². The van der Waals surface area contributed by atoms with Crippen molar-refractivity contribution in [1.82, 2.24) is 40.4 Å². The highest BCUT2D eigenvalue weighted by Gasteiger charge is 2.51. The molecule has 0 radical (unpaired) electrons. The van der Waals surface area contributed by atoms with Crippen LogP contribution >= 0.6 is 0 Å². The number of likely N-dealkylation sites (tertiary alicyclic amines) is 1. The number of fused-ring (bicyclic) bond motifs is 5. The van der Waals surface area contributed by atoms with Crippen molar-refractivity contribution in [2.24, 2.45) is 5.92 Å². The van der Waals surface area contributed by atoms with Gasteiger partial charge in [0, 0.05) is 18.0 Å². The minimum Gasteiger partial charge on any atom is -0.453 e. The molecular formula is C43H44N8O5. The Hall–Kier alpha value is -6.50. The largest absolute Gasteiger partial charge is 0.453 e. The quantitative estimate of drug-likeness (QED) is 0.0991. The third-order valence-corrected chi connectivity index (χ3v) is 11.1. The molecule has 3 heterocycles. The number of aromatic amines is 2. The number of piperidine rings is 1. The Balaban J connectivity index is 1.02. The molecule has 8 rings (SSSR count). The van der Waals surface area contributed by atoms with Gasteiger partial charge in [-0.2, -0.15) is 0 Å². The fourth-order valence-corrected chi connectivity index (χ4v) is 8.48. The maximum absolute atomic E-state index is 14.4. The summed E-state index contributed by atoms with van der Waals surface area (Å²) in [5.41, 5.74) is 6.42. The Labute approximate surface area is 323 Å². The zero-order valence-corrected chi connectivity index (χ0v) is 31.3. The summed E-state index contributed by atoms with van der Waals surface area (Å²) in [7, 11) is 1.30. The predicted octanol–water partition coefficient (Wildman–Crippen LogP) is 6.41. The second-order valence-corrected chi connectivity index (χ2v) is 14.5. The molecule has 56 heavy (non-hydrogen) atoms. The summed E-state index contributed by atoms with van der Waals surface area (Å²) >= 11 is 0. The molecule has 2 aliphatic rings. The van der Waals surface area contributed by atoms with Gasteiger partial charge in [0.05, 0.1) is 49.2 Å². The second-order valence-electron chi connectivity index (χ2n) is 14.5. The van der Waals surface area contributed by atoms with Crippen LogP contribution in [-0.4, -0.2) is 80.3 Å². The molecular weight excluding hydrogens is 709 g/mol. The van der Waals surface area contributed by atoms with Crippen LogP contribution in [0, 0.1) is 5.92 Å². The molecule has 4 aromatic carbocycles. The van der Waals surface area contributed by atoms with Crippen LogP contribution in [0.2, 0.25) is 0 Å². The third-order valence-electron chi connectivity index (χ3n) is 11.1. The molecule has 13 nitrogen and oxygen atoms in total. The molecule has 1 saturated heterocycles. The van der Waals surface area contributed by atoms with E-state index in [4.69, 9.17) is 9.72 Å². The summed E-state index contributed by atoms with van der Waals surface area (Å²) in [4.78, 5) is 70.2. The fraction of sp³-hybridized carbons (Fsp3) is 0.302. The summed E-state index contributed by atoms with van der Waals surface area (Å²) in [5.74, 6) is 1.38. The lowest BCUT2D eigenvalue weighted by Gasteiger charge is -2.36. The Kier molecular flexibility index (Phi) is 10.2. The first kappa shape index (κ1) is 36.5. The Bertz CT molecular complexity index is 2390. The molecule has 2 fully saturated rings. The molecule has 4 N–H and O–H groups in total. The predicted molar refractivity (Wildman–Crippen MR) is 212 cm³/mol. The minimum absolute atomic E-state index is 0.0435.